The normalized spacial score (nSPS) is 22.7. The zero-order valence-corrected chi connectivity index (χ0v) is 16.5. The molecule has 0 saturated carbocycles. The predicted octanol–water partition coefficient (Wildman–Crippen LogP) is 2.79. The third-order valence-electron chi connectivity index (χ3n) is 5.10. The van der Waals surface area contributed by atoms with Gasteiger partial charge in [-0.2, -0.15) is 0 Å². The molecule has 3 atom stereocenters. The van der Waals surface area contributed by atoms with Gasteiger partial charge in [0.05, 0.1) is 7.11 Å². The van der Waals surface area contributed by atoms with Gasteiger partial charge >= 0.3 is 12.1 Å². The number of hydrogen-bond donors (Lipinski definition) is 1. The van der Waals surface area contributed by atoms with Gasteiger partial charge in [0.25, 0.3) is 0 Å². The second-order valence-electron chi connectivity index (χ2n) is 6.34. The smallest absolute Gasteiger partial charge is 0.410 e. The number of amides is 1. The van der Waals surface area contributed by atoms with Crippen LogP contribution in [0.1, 0.15) is 11.1 Å². The molecule has 7 heteroatoms. The molecule has 142 valence electrons. The first-order valence-electron chi connectivity index (χ1n) is 8.36. The number of aliphatic hydroxyl groups is 1. The van der Waals surface area contributed by atoms with Gasteiger partial charge in [-0.25, -0.2) is 9.59 Å². The number of aliphatic hydroxyl groups excluding tert-OH is 1. The Morgan fingerprint density at radius 1 is 1.22 bits per heavy atom. The fraction of sp³-hybridized carbons (Fsp3) is 0.300. The van der Waals surface area contributed by atoms with Crippen LogP contribution in [0.3, 0.4) is 0 Å². The zero-order valence-electron chi connectivity index (χ0n) is 15.0. The quantitative estimate of drug-likeness (QED) is 0.579. The van der Waals surface area contributed by atoms with E-state index in [1.54, 1.807) is 31.3 Å². The minimum atomic E-state index is -1.61. The Bertz CT molecular complexity index is 831. The Kier molecular flexibility index (Phi) is 5.26. The van der Waals surface area contributed by atoms with Crippen molar-refractivity contribution in [2.24, 2.45) is 0 Å². The van der Waals surface area contributed by atoms with Gasteiger partial charge in [0.15, 0.2) is 6.10 Å². The maximum Gasteiger partial charge on any atom is 0.410 e. The van der Waals surface area contributed by atoms with Crippen molar-refractivity contribution in [2.75, 3.05) is 20.8 Å². The molecule has 27 heavy (non-hydrogen) atoms. The van der Waals surface area contributed by atoms with Crippen molar-refractivity contribution in [2.45, 2.75) is 16.0 Å². The van der Waals surface area contributed by atoms with E-state index in [0.717, 1.165) is 0 Å². The summed E-state index contributed by atoms with van der Waals surface area (Å²) in [5.41, 5.74) is 0.124. The molecule has 1 heterocycles. The molecule has 3 rings (SSSR count). The number of rotatable bonds is 5. The Balaban J connectivity index is 2.34. The summed E-state index contributed by atoms with van der Waals surface area (Å²) in [6, 6.07) is 18.2. The van der Waals surface area contributed by atoms with Gasteiger partial charge in [-0.1, -0.05) is 76.6 Å². The lowest BCUT2D eigenvalue weighted by atomic mass is 9.71. The van der Waals surface area contributed by atoms with Crippen molar-refractivity contribution >= 4 is 28.0 Å². The Morgan fingerprint density at radius 3 is 2.26 bits per heavy atom. The number of halogens is 1. The van der Waals surface area contributed by atoms with E-state index in [-0.39, 0.29) is 6.61 Å². The molecule has 2 unspecified atom stereocenters. The second kappa shape index (κ2) is 7.32. The molecule has 1 fully saturated rings. The molecule has 2 aromatic rings. The van der Waals surface area contributed by atoms with Crippen LogP contribution in [0, 0.1) is 0 Å². The number of hydrogen-bond acceptors (Lipinski definition) is 5. The average Bonchev–Trinajstić information content (AvgIpc) is 3.03. The van der Waals surface area contributed by atoms with Crippen LogP contribution >= 0.6 is 15.9 Å². The predicted molar refractivity (Wildman–Crippen MR) is 102 cm³/mol. The number of cyclic esters (lactones) is 1. The van der Waals surface area contributed by atoms with Crippen LogP contribution in [0.5, 0.6) is 0 Å². The molecule has 6 nitrogen and oxygen atoms in total. The number of methoxy groups -OCH3 is 1. The number of likely N-dealkylation sites (N-methyl/N-ethyl adjacent to an activating group) is 1. The fourth-order valence-corrected chi connectivity index (χ4v) is 4.70. The van der Waals surface area contributed by atoms with Crippen LogP contribution in [0.2, 0.25) is 0 Å². The molecule has 2 aromatic carbocycles. The van der Waals surface area contributed by atoms with E-state index >= 15 is 0 Å². The van der Waals surface area contributed by atoms with Gasteiger partial charge in [0, 0.05) is 7.05 Å². The highest BCUT2D eigenvalue weighted by Gasteiger charge is 2.65. The maximum atomic E-state index is 12.4. The first-order valence-corrected chi connectivity index (χ1v) is 9.15. The summed E-state index contributed by atoms with van der Waals surface area (Å²) in [4.78, 5) is 26.2. The topological polar surface area (TPSA) is 76.1 Å². The molecule has 0 bridgehead atoms. The lowest BCUT2D eigenvalue weighted by Crippen LogP contribution is -2.62. The molecule has 1 aliphatic heterocycles. The van der Waals surface area contributed by atoms with Crippen LogP contribution in [0.4, 0.5) is 4.79 Å². The van der Waals surface area contributed by atoms with Crippen molar-refractivity contribution in [1.29, 1.82) is 0 Å². The molecular weight excluding hydrogens is 414 g/mol. The third-order valence-corrected chi connectivity index (χ3v) is 6.65. The van der Waals surface area contributed by atoms with Crippen LogP contribution in [-0.4, -0.2) is 48.9 Å². The fourth-order valence-electron chi connectivity index (χ4n) is 3.64. The number of esters is 1. The van der Waals surface area contributed by atoms with Gasteiger partial charge in [0.2, 0.25) is 0 Å². The van der Waals surface area contributed by atoms with Gasteiger partial charge in [-0.15, -0.1) is 0 Å². The monoisotopic (exact) mass is 433 g/mol. The summed E-state index contributed by atoms with van der Waals surface area (Å²) in [5, 5.41) is 11.1. The standard InChI is InChI=1S/C20H20BrNO5/c1-22-18(25)27-13-19(22,14-9-5-3-6-10-14)20(21,16(23)17(24)26-2)15-11-7-4-8-12-15/h3-12,16,23H,13H2,1-2H3/t16-,19?,20?/m0/s1. The Hall–Kier alpha value is -2.38. The molecule has 1 aliphatic rings. The first-order chi connectivity index (χ1) is 12.9. The summed E-state index contributed by atoms with van der Waals surface area (Å²) >= 11 is 3.66. The van der Waals surface area contributed by atoms with E-state index < -0.39 is 28.0 Å². The third kappa shape index (κ3) is 2.82. The van der Waals surface area contributed by atoms with E-state index in [0.29, 0.717) is 11.1 Å². The Morgan fingerprint density at radius 2 is 1.78 bits per heavy atom. The number of carbonyl (C=O) groups is 2. The van der Waals surface area contributed by atoms with E-state index in [1.807, 2.05) is 36.4 Å². The number of benzene rings is 2. The molecule has 0 radical (unpaired) electrons. The number of nitrogens with zero attached hydrogens (tertiary/aromatic N) is 1. The van der Waals surface area contributed by atoms with Gasteiger partial charge < -0.3 is 14.6 Å². The van der Waals surface area contributed by atoms with Crippen LogP contribution in [-0.2, 0) is 24.1 Å². The SMILES string of the molecule is COC(=O)[C@H](O)C(Br)(c1ccccc1)C1(c2ccccc2)COC(=O)N1C. The molecule has 1 saturated heterocycles. The van der Waals surface area contributed by atoms with Gasteiger partial charge in [-0.3, -0.25) is 4.90 Å². The molecule has 0 aliphatic carbocycles. The van der Waals surface area contributed by atoms with Crippen molar-refractivity contribution in [1.82, 2.24) is 4.90 Å². The average molecular weight is 434 g/mol. The molecule has 1 amide bonds. The van der Waals surface area contributed by atoms with Crippen molar-refractivity contribution in [3.63, 3.8) is 0 Å². The highest BCUT2D eigenvalue weighted by molar-refractivity contribution is 9.09. The van der Waals surface area contributed by atoms with Crippen molar-refractivity contribution < 1.29 is 24.2 Å². The summed E-state index contributed by atoms with van der Waals surface area (Å²) < 4.78 is 8.76. The van der Waals surface area contributed by atoms with Crippen molar-refractivity contribution in [3.05, 3.63) is 71.8 Å². The first kappa shape index (κ1) is 19.4. The largest absolute Gasteiger partial charge is 0.467 e. The highest BCUT2D eigenvalue weighted by Crippen LogP contribution is 2.55. The maximum absolute atomic E-state index is 12.4. The Labute approximate surface area is 165 Å². The number of alkyl halides is 1. The highest BCUT2D eigenvalue weighted by atomic mass is 79.9. The lowest BCUT2D eigenvalue weighted by molar-refractivity contribution is -0.155. The minimum Gasteiger partial charge on any atom is -0.467 e. The van der Waals surface area contributed by atoms with E-state index in [2.05, 4.69) is 15.9 Å². The van der Waals surface area contributed by atoms with Crippen LogP contribution < -0.4 is 0 Å². The summed E-state index contributed by atoms with van der Waals surface area (Å²) in [6.07, 6.45) is -2.15. The summed E-state index contributed by atoms with van der Waals surface area (Å²) in [5.74, 6) is -0.821. The van der Waals surface area contributed by atoms with Gasteiger partial charge in [0.1, 0.15) is 16.5 Å². The van der Waals surface area contributed by atoms with E-state index in [9.17, 15) is 14.7 Å². The second-order valence-corrected chi connectivity index (χ2v) is 7.59. The summed E-state index contributed by atoms with van der Waals surface area (Å²) in [7, 11) is 2.80. The van der Waals surface area contributed by atoms with Crippen LogP contribution in [0.25, 0.3) is 0 Å². The molecule has 1 N–H and O–H groups in total. The molecule has 0 aromatic heterocycles. The zero-order chi connectivity index (χ0) is 19.7. The van der Waals surface area contributed by atoms with Crippen molar-refractivity contribution in [3.8, 4) is 0 Å². The summed E-state index contributed by atoms with van der Waals surface area (Å²) in [6.45, 7) is -0.0550. The van der Waals surface area contributed by atoms with E-state index in [1.165, 1.54) is 12.0 Å². The van der Waals surface area contributed by atoms with E-state index in [4.69, 9.17) is 9.47 Å². The minimum absolute atomic E-state index is 0.0550. The number of ether oxygens (including phenoxy) is 2. The van der Waals surface area contributed by atoms with Crippen LogP contribution in [0.15, 0.2) is 60.7 Å². The molecular formula is C20H20BrNO5. The van der Waals surface area contributed by atoms with Gasteiger partial charge in [-0.05, 0) is 11.1 Å². The lowest BCUT2D eigenvalue weighted by Gasteiger charge is -2.48. The molecule has 0 spiro atoms. The number of carbonyl (C=O) groups excluding carboxylic acids is 2.